The van der Waals surface area contributed by atoms with E-state index in [4.69, 9.17) is 4.74 Å². The third-order valence-electron chi connectivity index (χ3n) is 4.77. The first kappa shape index (κ1) is 21.8. The zero-order valence-corrected chi connectivity index (χ0v) is 19.0. The topological polar surface area (TPSA) is 94.4 Å². The van der Waals surface area contributed by atoms with Crippen molar-refractivity contribution in [3.8, 4) is 5.75 Å². The highest BCUT2D eigenvalue weighted by Crippen LogP contribution is 2.35. The minimum atomic E-state index is -0.419. The number of amides is 1. The molecule has 0 aliphatic heterocycles. The van der Waals surface area contributed by atoms with Crippen LogP contribution in [0.4, 0.5) is 11.4 Å². The fourth-order valence-electron chi connectivity index (χ4n) is 3.08. The van der Waals surface area contributed by atoms with Crippen LogP contribution in [0.5, 0.6) is 5.75 Å². The summed E-state index contributed by atoms with van der Waals surface area (Å²) < 4.78 is 7.10. The van der Waals surface area contributed by atoms with E-state index in [1.165, 1.54) is 35.2 Å². The standard InChI is InChI=1S/C23H19N3O4S2/c1-14-3-5-15(6-4-14)22(27)24-17-7-9-19-21(12-17)32-23(25-19)31-13-16-11-18(26(28)29)8-10-20(16)30-2/h3-12H,13H2,1-2H3,(H,24,27). The fourth-order valence-corrected chi connectivity index (χ4v) is 5.17. The number of thioether (sulfide) groups is 1. The van der Waals surface area contributed by atoms with E-state index in [0.29, 0.717) is 22.8 Å². The third-order valence-corrected chi connectivity index (χ3v) is 6.98. The van der Waals surface area contributed by atoms with E-state index in [0.717, 1.165) is 25.7 Å². The Balaban J connectivity index is 1.49. The number of non-ortho nitro benzene ring substituents is 1. The first-order valence-electron chi connectivity index (χ1n) is 9.65. The van der Waals surface area contributed by atoms with Gasteiger partial charge in [0.05, 0.1) is 22.2 Å². The van der Waals surface area contributed by atoms with Crippen LogP contribution in [0, 0.1) is 17.0 Å². The van der Waals surface area contributed by atoms with Crippen molar-refractivity contribution < 1.29 is 14.5 Å². The average Bonchev–Trinajstić information content (AvgIpc) is 3.20. The van der Waals surface area contributed by atoms with Gasteiger partial charge in [0.1, 0.15) is 5.75 Å². The molecule has 0 atom stereocenters. The van der Waals surface area contributed by atoms with Gasteiger partial charge in [-0.25, -0.2) is 4.98 Å². The molecule has 1 amide bonds. The number of methoxy groups -OCH3 is 1. The number of nitro benzene ring substituents is 1. The van der Waals surface area contributed by atoms with Crippen LogP contribution in [0.25, 0.3) is 10.2 Å². The molecule has 1 heterocycles. The number of carbonyl (C=O) groups excluding carboxylic acids is 1. The normalized spacial score (nSPS) is 10.8. The van der Waals surface area contributed by atoms with Crippen molar-refractivity contribution in [1.82, 2.24) is 4.98 Å². The molecule has 0 aliphatic rings. The molecule has 3 aromatic carbocycles. The molecule has 4 rings (SSSR count). The van der Waals surface area contributed by atoms with Gasteiger partial charge >= 0.3 is 0 Å². The molecule has 9 heteroatoms. The minimum Gasteiger partial charge on any atom is -0.496 e. The Hall–Kier alpha value is -3.43. The number of aromatic nitrogens is 1. The Morgan fingerprint density at radius 1 is 1.16 bits per heavy atom. The lowest BCUT2D eigenvalue weighted by atomic mass is 10.1. The molecule has 1 aromatic heterocycles. The molecular formula is C23H19N3O4S2. The highest BCUT2D eigenvalue weighted by molar-refractivity contribution is 8.00. The van der Waals surface area contributed by atoms with E-state index in [2.05, 4.69) is 10.3 Å². The summed E-state index contributed by atoms with van der Waals surface area (Å²) in [6, 6.07) is 17.6. The van der Waals surface area contributed by atoms with Crippen LogP contribution >= 0.6 is 23.1 Å². The molecule has 0 unspecified atom stereocenters. The molecule has 0 radical (unpaired) electrons. The molecule has 32 heavy (non-hydrogen) atoms. The predicted octanol–water partition coefficient (Wildman–Crippen LogP) is 6.07. The first-order valence-corrected chi connectivity index (χ1v) is 11.5. The molecule has 0 saturated carbocycles. The number of aryl methyl sites for hydroxylation is 1. The number of hydrogen-bond donors (Lipinski definition) is 1. The lowest BCUT2D eigenvalue weighted by molar-refractivity contribution is -0.384. The van der Waals surface area contributed by atoms with E-state index in [1.807, 2.05) is 37.3 Å². The zero-order chi connectivity index (χ0) is 22.7. The van der Waals surface area contributed by atoms with Gasteiger partial charge in [-0.1, -0.05) is 29.5 Å². The summed E-state index contributed by atoms with van der Waals surface area (Å²) in [5.41, 5.74) is 3.99. The minimum absolute atomic E-state index is 0.0275. The summed E-state index contributed by atoms with van der Waals surface area (Å²) in [6.45, 7) is 1.98. The summed E-state index contributed by atoms with van der Waals surface area (Å²) in [7, 11) is 1.54. The Kier molecular flexibility index (Phi) is 6.38. The molecule has 7 nitrogen and oxygen atoms in total. The van der Waals surface area contributed by atoms with Crippen LogP contribution in [0.1, 0.15) is 21.5 Å². The van der Waals surface area contributed by atoms with Crippen molar-refractivity contribution in [3.05, 3.63) is 87.5 Å². The maximum absolute atomic E-state index is 12.5. The quantitative estimate of drug-likeness (QED) is 0.202. The van der Waals surface area contributed by atoms with Gasteiger partial charge in [0.2, 0.25) is 0 Å². The lowest BCUT2D eigenvalue weighted by Crippen LogP contribution is -2.11. The molecule has 0 fully saturated rings. The van der Waals surface area contributed by atoms with E-state index in [1.54, 1.807) is 25.3 Å². The third kappa shape index (κ3) is 4.90. The highest BCUT2D eigenvalue weighted by atomic mass is 32.2. The van der Waals surface area contributed by atoms with Gasteiger partial charge in [0, 0.05) is 34.7 Å². The summed E-state index contributed by atoms with van der Waals surface area (Å²) in [5, 5.41) is 14.0. The second-order valence-corrected chi connectivity index (χ2v) is 9.28. The number of carbonyl (C=O) groups is 1. The average molecular weight is 466 g/mol. The SMILES string of the molecule is COc1ccc([N+](=O)[O-])cc1CSc1nc2ccc(NC(=O)c3ccc(C)cc3)cc2s1. The molecule has 0 bridgehead atoms. The molecule has 1 N–H and O–H groups in total. The van der Waals surface area contributed by atoms with Crippen LogP contribution in [0.2, 0.25) is 0 Å². The van der Waals surface area contributed by atoms with E-state index in [-0.39, 0.29) is 11.6 Å². The largest absolute Gasteiger partial charge is 0.496 e. The van der Waals surface area contributed by atoms with Crippen molar-refractivity contribution in [2.75, 3.05) is 12.4 Å². The number of rotatable bonds is 7. The van der Waals surface area contributed by atoms with E-state index in [9.17, 15) is 14.9 Å². The summed E-state index contributed by atoms with van der Waals surface area (Å²) >= 11 is 2.99. The highest BCUT2D eigenvalue weighted by Gasteiger charge is 2.14. The summed E-state index contributed by atoms with van der Waals surface area (Å²) in [6.07, 6.45) is 0. The van der Waals surface area contributed by atoms with Crippen LogP contribution in [-0.2, 0) is 5.75 Å². The van der Waals surface area contributed by atoms with Gasteiger partial charge in [0.15, 0.2) is 4.34 Å². The second kappa shape index (κ2) is 9.37. The Bertz CT molecular complexity index is 1300. The molecule has 0 spiro atoms. The van der Waals surface area contributed by atoms with E-state index < -0.39 is 4.92 Å². The van der Waals surface area contributed by atoms with Crippen molar-refractivity contribution in [1.29, 1.82) is 0 Å². The fraction of sp³-hybridized carbons (Fsp3) is 0.130. The number of hydrogen-bond acceptors (Lipinski definition) is 7. The smallest absolute Gasteiger partial charge is 0.270 e. The molecule has 4 aromatic rings. The zero-order valence-electron chi connectivity index (χ0n) is 17.3. The number of fused-ring (bicyclic) bond motifs is 1. The van der Waals surface area contributed by atoms with Crippen molar-refractivity contribution >= 4 is 50.6 Å². The molecule has 0 aliphatic carbocycles. The second-order valence-electron chi connectivity index (χ2n) is 7.02. The number of nitro groups is 1. The number of thiazole rings is 1. The number of nitrogens with one attached hydrogen (secondary N) is 1. The Morgan fingerprint density at radius 2 is 1.94 bits per heavy atom. The summed E-state index contributed by atoms with van der Waals surface area (Å²) in [5.74, 6) is 0.924. The molecular weight excluding hydrogens is 446 g/mol. The van der Waals surface area contributed by atoms with Crippen molar-refractivity contribution in [2.45, 2.75) is 17.0 Å². The van der Waals surface area contributed by atoms with Gasteiger partial charge in [-0.15, -0.1) is 11.3 Å². The predicted molar refractivity (Wildman–Crippen MR) is 128 cm³/mol. The monoisotopic (exact) mass is 465 g/mol. The van der Waals surface area contributed by atoms with Crippen LogP contribution in [0.3, 0.4) is 0 Å². The Labute approximate surface area is 192 Å². The first-order chi connectivity index (χ1) is 15.4. The van der Waals surface area contributed by atoms with E-state index >= 15 is 0 Å². The maximum Gasteiger partial charge on any atom is 0.270 e. The number of benzene rings is 3. The lowest BCUT2D eigenvalue weighted by Gasteiger charge is -2.06. The van der Waals surface area contributed by atoms with Gasteiger partial charge in [-0.3, -0.25) is 14.9 Å². The molecule has 0 saturated heterocycles. The van der Waals surface area contributed by atoms with Crippen molar-refractivity contribution in [3.63, 3.8) is 0 Å². The Morgan fingerprint density at radius 3 is 2.66 bits per heavy atom. The number of ether oxygens (including phenoxy) is 1. The van der Waals surface area contributed by atoms with Gasteiger partial charge in [-0.05, 0) is 43.3 Å². The molecule has 162 valence electrons. The van der Waals surface area contributed by atoms with Gasteiger partial charge in [-0.2, -0.15) is 0 Å². The van der Waals surface area contributed by atoms with Gasteiger partial charge < -0.3 is 10.1 Å². The maximum atomic E-state index is 12.5. The van der Waals surface area contributed by atoms with Crippen LogP contribution < -0.4 is 10.1 Å². The van der Waals surface area contributed by atoms with Crippen LogP contribution in [-0.4, -0.2) is 22.9 Å². The number of anilines is 1. The van der Waals surface area contributed by atoms with Crippen LogP contribution in [0.15, 0.2) is 65.0 Å². The number of nitrogens with zero attached hydrogens (tertiary/aromatic N) is 2. The van der Waals surface area contributed by atoms with Gasteiger partial charge in [0.25, 0.3) is 11.6 Å². The summed E-state index contributed by atoms with van der Waals surface area (Å²) in [4.78, 5) is 27.8. The van der Waals surface area contributed by atoms with Crippen molar-refractivity contribution in [2.24, 2.45) is 0 Å².